The van der Waals surface area contributed by atoms with E-state index >= 15 is 0 Å². The van der Waals surface area contributed by atoms with Gasteiger partial charge in [-0.25, -0.2) is 21.8 Å². The van der Waals surface area contributed by atoms with E-state index in [0.717, 1.165) is 16.5 Å². The third kappa shape index (κ3) is 4.04. The lowest BCUT2D eigenvalue weighted by Gasteiger charge is -2.11. The second-order valence-electron chi connectivity index (χ2n) is 7.36. The highest BCUT2D eigenvalue weighted by atomic mass is 32.2. The summed E-state index contributed by atoms with van der Waals surface area (Å²) >= 11 is 0. The van der Waals surface area contributed by atoms with Gasteiger partial charge in [-0.15, -0.1) is 0 Å². The van der Waals surface area contributed by atoms with Gasteiger partial charge in [0.15, 0.2) is 0 Å². The molecule has 0 unspecified atom stereocenters. The summed E-state index contributed by atoms with van der Waals surface area (Å²) in [6.07, 6.45) is 2.86. The Bertz CT molecular complexity index is 1380. The van der Waals surface area contributed by atoms with Crippen LogP contribution in [-0.4, -0.2) is 31.5 Å². The van der Waals surface area contributed by atoms with Crippen molar-refractivity contribution in [2.45, 2.75) is 18.4 Å². The van der Waals surface area contributed by atoms with Gasteiger partial charge in [0.25, 0.3) is 10.0 Å². The number of methoxy groups -OCH3 is 1. The van der Waals surface area contributed by atoms with Crippen molar-refractivity contribution < 1.29 is 17.5 Å². The zero-order chi connectivity index (χ0) is 22.9. The van der Waals surface area contributed by atoms with Gasteiger partial charge in [-0.1, -0.05) is 12.1 Å². The van der Waals surface area contributed by atoms with Crippen molar-refractivity contribution in [2.75, 3.05) is 19.5 Å². The zero-order valence-electron chi connectivity index (χ0n) is 17.9. The first-order valence-corrected chi connectivity index (χ1v) is 11.3. The van der Waals surface area contributed by atoms with Crippen molar-refractivity contribution in [3.05, 3.63) is 77.9 Å². The van der Waals surface area contributed by atoms with E-state index in [-0.39, 0.29) is 10.7 Å². The average Bonchev–Trinajstić information content (AvgIpc) is 3.14. The predicted molar refractivity (Wildman–Crippen MR) is 122 cm³/mol. The molecule has 0 fully saturated rings. The molecule has 0 spiro atoms. The van der Waals surface area contributed by atoms with Gasteiger partial charge in [-0.3, -0.25) is 0 Å². The highest BCUT2D eigenvalue weighted by Gasteiger charge is 2.22. The minimum absolute atomic E-state index is 0.0362. The van der Waals surface area contributed by atoms with Crippen LogP contribution in [0.1, 0.15) is 11.1 Å². The summed E-state index contributed by atoms with van der Waals surface area (Å²) in [5.74, 6) is -0.0583. The lowest BCUT2D eigenvalue weighted by atomic mass is 10.1. The molecule has 9 heteroatoms. The van der Waals surface area contributed by atoms with Gasteiger partial charge in [0.1, 0.15) is 10.7 Å². The Morgan fingerprint density at radius 1 is 1.12 bits per heavy atom. The number of nitrogens with one attached hydrogen (secondary N) is 2. The summed E-state index contributed by atoms with van der Waals surface area (Å²) in [4.78, 5) is 4.06. The fraction of sp³-hybridized carbons (Fsp3) is 0.174. The maximum atomic E-state index is 14.3. The number of pyridine rings is 1. The van der Waals surface area contributed by atoms with Gasteiger partial charge in [0.2, 0.25) is 5.88 Å². The number of anilines is 2. The summed E-state index contributed by atoms with van der Waals surface area (Å²) < 4.78 is 47.4. The molecule has 7 nitrogen and oxygen atoms in total. The van der Waals surface area contributed by atoms with Crippen molar-refractivity contribution in [3.8, 4) is 5.88 Å². The van der Waals surface area contributed by atoms with Gasteiger partial charge < -0.3 is 15.4 Å². The standard InChI is InChI=1S/C23H23FN4O3S/c1-15-4-8-21(20(24)10-15)27-17-5-7-19-16(12-25-2)14-28(22(19)11-17)32(29,30)18-6-9-23(31-3)26-13-18/h4-11,13-14,25,27H,12H2,1-3H3. The second-order valence-corrected chi connectivity index (χ2v) is 9.18. The molecule has 0 aliphatic heterocycles. The Morgan fingerprint density at radius 2 is 1.94 bits per heavy atom. The fourth-order valence-corrected chi connectivity index (χ4v) is 4.83. The number of nitrogens with zero attached hydrogens (tertiary/aromatic N) is 2. The first kappa shape index (κ1) is 21.8. The Hall–Kier alpha value is -3.43. The summed E-state index contributed by atoms with van der Waals surface area (Å²) in [5, 5.41) is 6.88. The highest BCUT2D eigenvalue weighted by molar-refractivity contribution is 7.90. The molecule has 2 heterocycles. The van der Waals surface area contributed by atoms with Crippen LogP contribution in [0.5, 0.6) is 5.88 Å². The number of ether oxygens (including phenoxy) is 1. The van der Waals surface area contributed by atoms with E-state index in [4.69, 9.17) is 4.74 Å². The van der Waals surface area contributed by atoms with E-state index in [1.54, 1.807) is 37.5 Å². The molecule has 0 bridgehead atoms. The van der Waals surface area contributed by atoms with Gasteiger partial charge in [0, 0.05) is 29.9 Å². The lowest BCUT2D eigenvalue weighted by Crippen LogP contribution is -2.12. The van der Waals surface area contributed by atoms with Crippen LogP contribution < -0.4 is 15.4 Å². The monoisotopic (exact) mass is 454 g/mol. The number of aromatic nitrogens is 2. The number of halogens is 1. The molecule has 166 valence electrons. The Morgan fingerprint density at radius 3 is 2.59 bits per heavy atom. The molecule has 4 rings (SSSR count). The first-order chi connectivity index (χ1) is 15.3. The number of fused-ring (bicyclic) bond motifs is 1. The largest absolute Gasteiger partial charge is 0.481 e. The van der Waals surface area contributed by atoms with Crippen LogP contribution in [0.25, 0.3) is 10.9 Å². The molecule has 0 saturated carbocycles. The number of rotatable bonds is 7. The fourth-order valence-electron chi connectivity index (χ4n) is 3.50. The summed E-state index contributed by atoms with van der Waals surface area (Å²) in [6, 6.07) is 13.2. The quantitative estimate of drug-likeness (QED) is 0.436. The Labute approximate surface area is 185 Å². The summed E-state index contributed by atoms with van der Waals surface area (Å²) in [5.41, 5.74) is 2.99. The molecule has 2 N–H and O–H groups in total. The molecule has 0 radical (unpaired) electrons. The molecule has 0 atom stereocenters. The number of hydrogen-bond acceptors (Lipinski definition) is 6. The van der Waals surface area contributed by atoms with Crippen LogP contribution in [0.4, 0.5) is 15.8 Å². The third-order valence-corrected chi connectivity index (χ3v) is 6.76. The van der Waals surface area contributed by atoms with Crippen molar-refractivity contribution >= 4 is 32.3 Å². The predicted octanol–water partition coefficient (Wildman–Crippen LogP) is 4.19. The minimum atomic E-state index is -3.92. The Balaban J connectivity index is 1.82. The van der Waals surface area contributed by atoms with Crippen molar-refractivity contribution in [1.29, 1.82) is 0 Å². The van der Waals surface area contributed by atoms with Crippen molar-refractivity contribution in [1.82, 2.24) is 14.3 Å². The highest BCUT2D eigenvalue weighted by Crippen LogP contribution is 2.30. The van der Waals surface area contributed by atoms with Crippen LogP contribution in [0.15, 0.2) is 65.8 Å². The van der Waals surface area contributed by atoms with E-state index in [1.807, 2.05) is 13.0 Å². The van der Waals surface area contributed by atoms with Gasteiger partial charge in [0.05, 0.1) is 24.5 Å². The smallest absolute Gasteiger partial charge is 0.269 e. The molecular formula is C23H23FN4O3S. The van der Waals surface area contributed by atoms with Crippen molar-refractivity contribution in [3.63, 3.8) is 0 Å². The molecular weight excluding hydrogens is 431 g/mol. The first-order valence-electron chi connectivity index (χ1n) is 9.91. The van der Waals surface area contributed by atoms with Crippen LogP contribution in [0.2, 0.25) is 0 Å². The molecule has 0 saturated heterocycles. The lowest BCUT2D eigenvalue weighted by molar-refractivity contribution is 0.397. The Kier molecular flexibility index (Phi) is 5.86. The van der Waals surface area contributed by atoms with Crippen LogP contribution >= 0.6 is 0 Å². The van der Waals surface area contributed by atoms with Crippen molar-refractivity contribution in [2.24, 2.45) is 0 Å². The summed E-state index contributed by atoms with van der Waals surface area (Å²) in [7, 11) is -0.666. The molecule has 32 heavy (non-hydrogen) atoms. The van der Waals surface area contributed by atoms with E-state index in [0.29, 0.717) is 29.3 Å². The number of aryl methyl sites for hydroxylation is 1. The third-order valence-electron chi connectivity index (χ3n) is 5.10. The average molecular weight is 455 g/mol. The normalized spacial score (nSPS) is 11.6. The maximum absolute atomic E-state index is 14.3. The molecule has 0 amide bonds. The van der Waals surface area contributed by atoms with E-state index in [2.05, 4.69) is 15.6 Å². The van der Waals surface area contributed by atoms with Crippen LogP contribution in [-0.2, 0) is 16.6 Å². The number of hydrogen-bond donors (Lipinski definition) is 2. The molecule has 2 aromatic heterocycles. The second kappa shape index (κ2) is 8.60. The van der Waals surface area contributed by atoms with E-state index in [9.17, 15) is 12.8 Å². The number of benzene rings is 2. The van der Waals surface area contributed by atoms with Crippen LogP contribution in [0, 0.1) is 12.7 Å². The zero-order valence-corrected chi connectivity index (χ0v) is 18.7. The summed E-state index contributed by atoms with van der Waals surface area (Å²) in [6.45, 7) is 2.30. The topological polar surface area (TPSA) is 85.2 Å². The SMILES string of the molecule is CNCc1cn(S(=O)(=O)c2ccc(OC)nc2)c2cc(Nc3ccc(C)cc3F)ccc12. The minimum Gasteiger partial charge on any atom is -0.481 e. The van der Waals surface area contributed by atoms with Gasteiger partial charge in [-0.05, 0) is 55.4 Å². The van der Waals surface area contributed by atoms with Crippen LogP contribution in [0.3, 0.4) is 0 Å². The molecule has 4 aromatic rings. The van der Waals surface area contributed by atoms with Gasteiger partial charge in [-0.2, -0.15) is 0 Å². The van der Waals surface area contributed by atoms with E-state index < -0.39 is 10.0 Å². The maximum Gasteiger partial charge on any atom is 0.269 e. The van der Waals surface area contributed by atoms with E-state index in [1.165, 1.54) is 35.5 Å². The molecule has 0 aliphatic rings. The molecule has 0 aliphatic carbocycles. The molecule has 2 aromatic carbocycles. The van der Waals surface area contributed by atoms with Gasteiger partial charge >= 0.3 is 0 Å².